The normalized spacial score (nSPS) is 14.6. The van der Waals surface area contributed by atoms with E-state index < -0.39 is 5.97 Å². The standard InChI is InChI=1S/C23H23ClN2O5S2/c1-5-30-18-11-14(10-17(24)21(18)31-13-20(27)29-4)12-19-22(28)26(23(32)33-19)16-8-6-15(7-9-16)25(2)3/h6-12H,5,13H2,1-4H3/b19-12-. The van der Waals surface area contributed by atoms with Crippen LogP contribution in [0.25, 0.3) is 6.08 Å². The van der Waals surface area contributed by atoms with Crippen molar-refractivity contribution in [2.24, 2.45) is 0 Å². The maximum absolute atomic E-state index is 13.1. The van der Waals surface area contributed by atoms with Gasteiger partial charge in [0.2, 0.25) is 0 Å². The van der Waals surface area contributed by atoms with Crippen LogP contribution in [0.4, 0.5) is 11.4 Å². The number of benzene rings is 2. The van der Waals surface area contributed by atoms with Crippen molar-refractivity contribution >= 4 is 69.2 Å². The van der Waals surface area contributed by atoms with Gasteiger partial charge in [0, 0.05) is 19.8 Å². The highest BCUT2D eigenvalue weighted by molar-refractivity contribution is 8.27. The number of thioether (sulfide) groups is 1. The largest absolute Gasteiger partial charge is 0.490 e. The molecule has 1 amide bonds. The van der Waals surface area contributed by atoms with Crippen LogP contribution in [-0.2, 0) is 14.3 Å². The van der Waals surface area contributed by atoms with E-state index in [1.165, 1.54) is 23.8 Å². The van der Waals surface area contributed by atoms with Gasteiger partial charge in [-0.3, -0.25) is 9.69 Å². The number of methoxy groups -OCH3 is 1. The van der Waals surface area contributed by atoms with E-state index in [-0.39, 0.29) is 23.3 Å². The molecular weight excluding hydrogens is 484 g/mol. The first-order valence-corrected chi connectivity index (χ1v) is 11.6. The molecule has 0 saturated carbocycles. The Bertz CT molecular complexity index is 1100. The number of amides is 1. The van der Waals surface area contributed by atoms with Gasteiger partial charge in [-0.15, -0.1) is 0 Å². The van der Waals surface area contributed by atoms with Crippen molar-refractivity contribution < 1.29 is 23.8 Å². The lowest BCUT2D eigenvalue weighted by Gasteiger charge is -2.17. The fourth-order valence-corrected chi connectivity index (χ4v) is 4.58. The number of hydrogen-bond donors (Lipinski definition) is 0. The fourth-order valence-electron chi connectivity index (χ4n) is 3.01. The van der Waals surface area contributed by atoms with Crippen molar-refractivity contribution in [2.45, 2.75) is 6.92 Å². The molecule has 2 aromatic rings. The molecule has 1 saturated heterocycles. The number of ether oxygens (including phenoxy) is 3. The minimum Gasteiger partial charge on any atom is -0.490 e. The van der Waals surface area contributed by atoms with Crippen molar-refractivity contribution in [3.63, 3.8) is 0 Å². The SMILES string of the molecule is CCOc1cc(/C=C2\SC(=S)N(c3ccc(N(C)C)cc3)C2=O)cc(Cl)c1OCC(=O)OC. The highest BCUT2D eigenvalue weighted by Gasteiger charge is 2.33. The average Bonchev–Trinajstić information content (AvgIpc) is 3.05. The molecule has 1 aliphatic rings. The van der Waals surface area contributed by atoms with E-state index in [1.54, 1.807) is 18.2 Å². The number of carbonyl (C=O) groups is 2. The molecule has 1 heterocycles. The molecule has 0 aliphatic carbocycles. The Labute approximate surface area is 207 Å². The number of thiocarbonyl (C=S) groups is 1. The molecular formula is C23H23ClN2O5S2. The van der Waals surface area contributed by atoms with Crippen LogP contribution in [0.5, 0.6) is 11.5 Å². The lowest BCUT2D eigenvalue weighted by Crippen LogP contribution is -2.27. The molecule has 0 spiro atoms. The second kappa shape index (κ2) is 10.9. The first-order chi connectivity index (χ1) is 15.7. The van der Waals surface area contributed by atoms with Crippen molar-refractivity contribution in [3.8, 4) is 11.5 Å². The number of rotatable bonds is 8. The first kappa shape index (κ1) is 24.9. The molecule has 33 heavy (non-hydrogen) atoms. The third-order valence-electron chi connectivity index (χ3n) is 4.61. The third kappa shape index (κ3) is 5.79. The zero-order valence-corrected chi connectivity index (χ0v) is 21.0. The quantitative estimate of drug-likeness (QED) is 0.288. The lowest BCUT2D eigenvalue weighted by atomic mass is 10.1. The van der Waals surface area contributed by atoms with Crippen LogP contribution in [0.2, 0.25) is 5.02 Å². The van der Waals surface area contributed by atoms with Gasteiger partial charge in [-0.25, -0.2) is 4.79 Å². The smallest absolute Gasteiger partial charge is 0.343 e. The number of nitrogens with zero attached hydrogens (tertiary/aromatic N) is 2. The van der Waals surface area contributed by atoms with E-state index >= 15 is 0 Å². The third-order valence-corrected chi connectivity index (χ3v) is 6.19. The summed E-state index contributed by atoms with van der Waals surface area (Å²) < 4.78 is 16.2. The Morgan fingerprint density at radius 1 is 1.21 bits per heavy atom. The number of halogens is 1. The molecule has 0 atom stereocenters. The van der Waals surface area contributed by atoms with Gasteiger partial charge in [-0.2, -0.15) is 0 Å². The Kier molecular flexibility index (Phi) is 8.23. The summed E-state index contributed by atoms with van der Waals surface area (Å²) >= 11 is 13.1. The summed E-state index contributed by atoms with van der Waals surface area (Å²) in [6.07, 6.45) is 1.70. The molecule has 1 fully saturated rings. The summed E-state index contributed by atoms with van der Waals surface area (Å²) in [7, 11) is 5.17. The van der Waals surface area contributed by atoms with E-state index in [4.69, 9.17) is 33.3 Å². The minimum absolute atomic E-state index is 0.220. The van der Waals surface area contributed by atoms with Gasteiger partial charge >= 0.3 is 5.97 Å². The van der Waals surface area contributed by atoms with Crippen LogP contribution >= 0.6 is 35.6 Å². The first-order valence-electron chi connectivity index (χ1n) is 9.96. The topological polar surface area (TPSA) is 68.3 Å². The van der Waals surface area contributed by atoms with Gasteiger partial charge in [0.25, 0.3) is 5.91 Å². The summed E-state index contributed by atoms with van der Waals surface area (Å²) in [4.78, 5) is 28.5. The maximum atomic E-state index is 13.1. The highest BCUT2D eigenvalue weighted by atomic mass is 35.5. The molecule has 0 unspecified atom stereocenters. The van der Waals surface area contributed by atoms with Crippen LogP contribution < -0.4 is 19.3 Å². The molecule has 0 bridgehead atoms. The summed E-state index contributed by atoms with van der Waals surface area (Å²) in [5.41, 5.74) is 2.36. The summed E-state index contributed by atoms with van der Waals surface area (Å²) in [5, 5.41) is 0.242. The van der Waals surface area contributed by atoms with Crippen LogP contribution in [0.15, 0.2) is 41.3 Å². The molecule has 2 aromatic carbocycles. The van der Waals surface area contributed by atoms with Gasteiger partial charge in [0.15, 0.2) is 22.4 Å². The van der Waals surface area contributed by atoms with Gasteiger partial charge in [0.1, 0.15) is 0 Å². The maximum Gasteiger partial charge on any atom is 0.343 e. The summed E-state index contributed by atoms with van der Waals surface area (Å²) in [6, 6.07) is 10.9. The van der Waals surface area contributed by atoms with Crippen molar-refractivity contribution in [3.05, 3.63) is 51.9 Å². The van der Waals surface area contributed by atoms with Gasteiger partial charge in [-0.1, -0.05) is 35.6 Å². The second-order valence-electron chi connectivity index (χ2n) is 7.06. The Morgan fingerprint density at radius 3 is 2.52 bits per heavy atom. The Hall–Kier alpha value is -2.75. The molecule has 7 nitrogen and oxygen atoms in total. The average molecular weight is 507 g/mol. The zero-order valence-electron chi connectivity index (χ0n) is 18.6. The van der Waals surface area contributed by atoms with E-state index in [0.29, 0.717) is 32.8 Å². The van der Waals surface area contributed by atoms with E-state index in [9.17, 15) is 9.59 Å². The van der Waals surface area contributed by atoms with Crippen LogP contribution in [0.1, 0.15) is 12.5 Å². The molecule has 0 radical (unpaired) electrons. The van der Waals surface area contributed by atoms with E-state index in [2.05, 4.69) is 4.74 Å². The van der Waals surface area contributed by atoms with E-state index in [1.807, 2.05) is 50.2 Å². The number of carbonyl (C=O) groups excluding carboxylic acids is 2. The van der Waals surface area contributed by atoms with Crippen LogP contribution in [0.3, 0.4) is 0 Å². The molecule has 0 aromatic heterocycles. The monoisotopic (exact) mass is 506 g/mol. The predicted molar refractivity (Wildman–Crippen MR) is 137 cm³/mol. The van der Waals surface area contributed by atoms with Gasteiger partial charge < -0.3 is 19.1 Å². The van der Waals surface area contributed by atoms with Crippen LogP contribution in [-0.4, -0.2) is 50.6 Å². The number of esters is 1. The number of anilines is 2. The Balaban J connectivity index is 1.88. The van der Waals surface area contributed by atoms with Crippen molar-refractivity contribution in [2.75, 3.05) is 44.2 Å². The van der Waals surface area contributed by atoms with Crippen LogP contribution in [0, 0.1) is 0 Å². The molecule has 1 aliphatic heterocycles. The van der Waals surface area contributed by atoms with Crippen molar-refractivity contribution in [1.29, 1.82) is 0 Å². The minimum atomic E-state index is -0.542. The lowest BCUT2D eigenvalue weighted by molar-refractivity contribution is -0.142. The molecule has 10 heteroatoms. The van der Waals surface area contributed by atoms with Crippen molar-refractivity contribution in [1.82, 2.24) is 0 Å². The molecule has 3 rings (SSSR count). The van der Waals surface area contributed by atoms with Gasteiger partial charge in [-0.05, 0) is 55.0 Å². The van der Waals surface area contributed by atoms with E-state index in [0.717, 1.165) is 5.69 Å². The molecule has 0 N–H and O–H groups in total. The summed E-state index contributed by atoms with van der Waals surface area (Å²) in [6.45, 7) is 1.87. The van der Waals surface area contributed by atoms with Gasteiger partial charge in [0.05, 0.1) is 29.3 Å². The summed E-state index contributed by atoms with van der Waals surface area (Å²) in [5.74, 6) is -0.174. The molecule has 174 valence electrons. The number of hydrogen-bond acceptors (Lipinski definition) is 8. The Morgan fingerprint density at radius 2 is 1.91 bits per heavy atom. The highest BCUT2D eigenvalue weighted by Crippen LogP contribution is 2.40. The predicted octanol–water partition coefficient (Wildman–Crippen LogP) is 4.76. The second-order valence-corrected chi connectivity index (χ2v) is 9.14. The fraction of sp³-hybridized carbons (Fsp3) is 0.261. The zero-order chi connectivity index (χ0) is 24.1.